The molecule has 1 aliphatic carbocycles. The second-order valence-electron chi connectivity index (χ2n) is 7.30. The van der Waals surface area contributed by atoms with Gasteiger partial charge < -0.3 is 10.0 Å². The summed E-state index contributed by atoms with van der Waals surface area (Å²) in [6.45, 7) is 5.73. The lowest BCUT2D eigenvalue weighted by molar-refractivity contribution is 0.0364. The van der Waals surface area contributed by atoms with Crippen molar-refractivity contribution < 1.29 is 9.90 Å². The van der Waals surface area contributed by atoms with E-state index >= 15 is 0 Å². The fourth-order valence-corrected chi connectivity index (χ4v) is 3.44. The van der Waals surface area contributed by atoms with Gasteiger partial charge in [0.05, 0.1) is 11.3 Å². The Hall–Kier alpha value is -2.14. The first-order valence-electron chi connectivity index (χ1n) is 8.42. The first-order chi connectivity index (χ1) is 11.3. The number of nitrogens with zero attached hydrogens (tertiary/aromatic N) is 3. The molecule has 1 aromatic heterocycles. The molecule has 5 heteroatoms. The minimum Gasteiger partial charge on any atom is -0.389 e. The Morgan fingerprint density at radius 1 is 1.33 bits per heavy atom. The molecule has 0 fully saturated rings. The fraction of sp³-hybridized carbons (Fsp3) is 0.474. The summed E-state index contributed by atoms with van der Waals surface area (Å²) in [7, 11) is 1.72. The number of para-hydroxylation sites is 1. The molecular formula is C19H25N3O2. The van der Waals surface area contributed by atoms with Crippen LogP contribution in [0.4, 0.5) is 0 Å². The van der Waals surface area contributed by atoms with Crippen molar-refractivity contribution in [3.63, 3.8) is 0 Å². The van der Waals surface area contributed by atoms with E-state index in [1.165, 1.54) is 0 Å². The van der Waals surface area contributed by atoms with Crippen LogP contribution in [0.25, 0.3) is 5.69 Å². The Morgan fingerprint density at radius 2 is 2.04 bits per heavy atom. The van der Waals surface area contributed by atoms with Crippen LogP contribution >= 0.6 is 0 Å². The maximum Gasteiger partial charge on any atom is 0.274 e. The van der Waals surface area contributed by atoms with Crippen molar-refractivity contribution in [2.45, 2.75) is 45.6 Å². The molecule has 128 valence electrons. The number of hydrogen-bond acceptors (Lipinski definition) is 3. The van der Waals surface area contributed by atoms with Gasteiger partial charge in [-0.05, 0) is 51.7 Å². The van der Waals surface area contributed by atoms with E-state index in [1.54, 1.807) is 25.8 Å². The number of aromatic nitrogens is 2. The summed E-state index contributed by atoms with van der Waals surface area (Å²) in [5.41, 5.74) is 3.97. The summed E-state index contributed by atoms with van der Waals surface area (Å²) in [6, 6.07) is 8.09. The summed E-state index contributed by atoms with van der Waals surface area (Å²) in [5, 5.41) is 14.6. The normalized spacial score (nSPS) is 13.9. The lowest BCUT2D eigenvalue weighted by Gasteiger charge is -2.25. The summed E-state index contributed by atoms with van der Waals surface area (Å²) in [5.74, 6) is -0.123. The SMILES string of the molecule is Cc1ccccc1-n1nc(C(=O)N(C)CC(C)(C)O)c2c1CCC2. The second kappa shape index (κ2) is 6.06. The number of rotatable bonds is 4. The zero-order valence-electron chi connectivity index (χ0n) is 14.8. The lowest BCUT2D eigenvalue weighted by atomic mass is 10.1. The molecule has 0 unspecified atom stereocenters. The zero-order chi connectivity index (χ0) is 17.5. The maximum absolute atomic E-state index is 12.9. The molecule has 1 aliphatic rings. The van der Waals surface area contributed by atoms with E-state index in [0.29, 0.717) is 5.69 Å². The fourth-order valence-electron chi connectivity index (χ4n) is 3.44. The van der Waals surface area contributed by atoms with Crippen molar-refractivity contribution in [3.8, 4) is 5.69 Å². The topological polar surface area (TPSA) is 58.4 Å². The molecule has 1 heterocycles. The van der Waals surface area contributed by atoms with Gasteiger partial charge in [-0.2, -0.15) is 5.10 Å². The third-order valence-electron chi connectivity index (χ3n) is 4.45. The number of hydrogen-bond donors (Lipinski definition) is 1. The van der Waals surface area contributed by atoms with Crippen LogP contribution in [0, 0.1) is 6.92 Å². The van der Waals surface area contributed by atoms with Crippen molar-refractivity contribution in [1.82, 2.24) is 14.7 Å². The van der Waals surface area contributed by atoms with Gasteiger partial charge in [-0.25, -0.2) is 4.68 Å². The molecule has 5 nitrogen and oxygen atoms in total. The van der Waals surface area contributed by atoms with Crippen molar-refractivity contribution in [2.24, 2.45) is 0 Å². The number of aryl methyl sites for hydroxylation is 1. The number of fused-ring (bicyclic) bond motifs is 1. The molecular weight excluding hydrogens is 302 g/mol. The zero-order valence-corrected chi connectivity index (χ0v) is 14.8. The van der Waals surface area contributed by atoms with E-state index in [9.17, 15) is 9.90 Å². The molecule has 0 saturated carbocycles. The number of carbonyl (C=O) groups is 1. The Labute approximate surface area is 142 Å². The Balaban J connectivity index is 2.01. The number of benzene rings is 1. The Kier molecular flexibility index (Phi) is 4.22. The van der Waals surface area contributed by atoms with Gasteiger partial charge in [0.15, 0.2) is 5.69 Å². The summed E-state index contributed by atoms with van der Waals surface area (Å²) >= 11 is 0. The monoisotopic (exact) mass is 327 g/mol. The van der Waals surface area contributed by atoms with Crippen LogP contribution in [0.1, 0.15) is 47.6 Å². The number of aliphatic hydroxyl groups is 1. The van der Waals surface area contributed by atoms with Crippen LogP contribution in [0.5, 0.6) is 0 Å². The maximum atomic E-state index is 12.9. The Morgan fingerprint density at radius 3 is 2.71 bits per heavy atom. The predicted molar refractivity (Wildman–Crippen MR) is 93.6 cm³/mol. The Bertz CT molecular complexity index is 771. The molecule has 1 N–H and O–H groups in total. The quantitative estimate of drug-likeness (QED) is 0.939. The molecule has 24 heavy (non-hydrogen) atoms. The van der Waals surface area contributed by atoms with Gasteiger partial charge in [0.25, 0.3) is 5.91 Å². The van der Waals surface area contributed by atoms with Crippen LogP contribution in [0.15, 0.2) is 24.3 Å². The first kappa shape index (κ1) is 16.7. The highest BCUT2D eigenvalue weighted by molar-refractivity contribution is 5.94. The average molecular weight is 327 g/mol. The van der Waals surface area contributed by atoms with Crippen LogP contribution < -0.4 is 0 Å². The third-order valence-corrected chi connectivity index (χ3v) is 4.45. The minimum atomic E-state index is -0.924. The van der Waals surface area contributed by atoms with Gasteiger partial charge in [0, 0.05) is 24.8 Å². The van der Waals surface area contributed by atoms with Gasteiger partial charge in [0.1, 0.15) is 0 Å². The molecule has 1 aromatic carbocycles. The summed E-state index contributed by atoms with van der Waals surface area (Å²) in [6.07, 6.45) is 2.88. The van der Waals surface area contributed by atoms with Gasteiger partial charge in [-0.15, -0.1) is 0 Å². The van der Waals surface area contributed by atoms with Crippen molar-refractivity contribution in [1.29, 1.82) is 0 Å². The molecule has 2 aromatic rings. The average Bonchev–Trinajstić information content (AvgIpc) is 3.07. The molecule has 3 rings (SSSR count). The molecule has 0 aliphatic heterocycles. The highest BCUT2D eigenvalue weighted by Gasteiger charge is 2.30. The van der Waals surface area contributed by atoms with Crippen LogP contribution in [-0.4, -0.2) is 44.9 Å². The number of carbonyl (C=O) groups excluding carboxylic acids is 1. The molecule has 0 spiro atoms. The summed E-state index contributed by atoms with van der Waals surface area (Å²) < 4.78 is 1.93. The minimum absolute atomic E-state index is 0.123. The molecule has 1 amide bonds. The van der Waals surface area contributed by atoms with E-state index in [-0.39, 0.29) is 12.5 Å². The molecule has 0 atom stereocenters. The van der Waals surface area contributed by atoms with Crippen molar-refractivity contribution in [3.05, 3.63) is 46.8 Å². The molecule has 0 bridgehead atoms. The first-order valence-corrected chi connectivity index (χ1v) is 8.42. The van der Waals surface area contributed by atoms with Gasteiger partial charge in [-0.3, -0.25) is 4.79 Å². The van der Waals surface area contributed by atoms with Crippen molar-refractivity contribution >= 4 is 5.91 Å². The van der Waals surface area contributed by atoms with Crippen LogP contribution in [-0.2, 0) is 12.8 Å². The van der Waals surface area contributed by atoms with E-state index in [4.69, 9.17) is 0 Å². The van der Waals surface area contributed by atoms with Gasteiger partial charge >= 0.3 is 0 Å². The van der Waals surface area contributed by atoms with E-state index in [2.05, 4.69) is 18.1 Å². The third kappa shape index (κ3) is 3.08. The van der Waals surface area contributed by atoms with E-state index in [0.717, 1.165) is 41.8 Å². The number of likely N-dealkylation sites (N-methyl/N-ethyl adjacent to an activating group) is 1. The number of amides is 1. The largest absolute Gasteiger partial charge is 0.389 e. The predicted octanol–water partition coefficient (Wildman–Crippen LogP) is 2.51. The highest BCUT2D eigenvalue weighted by Crippen LogP contribution is 2.29. The van der Waals surface area contributed by atoms with Crippen LogP contribution in [0.2, 0.25) is 0 Å². The van der Waals surface area contributed by atoms with Gasteiger partial charge in [-0.1, -0.05) is 18.2 Å². The highest BCUT2D eigenvalue weighted by atomic mass is 16.3. The molecule has 0 saturated heterocycles. The van der Waals surface area contributed by atoms with Crippen LogP contribution in [0.3, 0.4) is 0 Å². The second-order valence-corrected chi connectivity index (χ2v) is 7.30. The standard InChI is InChI=1S/C19H25N3O2/c1-13-8-5-6-10-15(13)22-16-11-7-9-14(16)17(20-22)18(23)21(4)12-19(2,3)24/h5-6,8,10,24H,7,9,11-12H2,1-4H3. The molecule has 0 radical (unpaired) electrons. The van der Waals surface area contributed by atoms with Crippen molar-refractivity contribution in [2.75, 3.05) is 13.6 Å². The van der Waals surface area contributed by atoms with Gasteiger partial charge in [0.2, 0.25) is 0 Å². The lowest BCUT2D eigenvalue weighted by Crippen LogP contribution is -2.40. The smallest absolute Gasteiger partial charge is 0.274 e. The summed E-state index contributed by atoms with van der Waals surface area (Å²) in [4.78, 5) is 14.4. The van der Waals surface area contributed by atoms with E-state index < -0.39 is 5.60 Å². The van der Waals surface area contributed by atoms with E-state index in [1.807, 2.05) is 22.9 Å².